The van der Waals surface area contributed by atoms with E-state index in [0.29, 0.717) is 43.4 Å². The number of benzene rings is 1. The minimum absolute atomic E-state index is 0.00504. The van der Waals surface area contributed by atoms with Crippen LogP contribution in [0.1, 0.15) is 21.7 Å². The standard InChI is InChI=1S/C24H27FN6O3/c1-16-12-17(2)31(28-16)15-23(32)30-10-8-29(9-11-30)21-5-4-18(25)13-20(21)24(33)27-19-6-7-26-22(14-19)34-3/h4-7,12-14H,8-11,15H2,1-3H3,(H,26,27,33). The molecule has 1 aliphatic heterocycles. The van der Waals surface area contributed by atoms with Crippen molar-refractivity contribution in [3.63, 3.8) is 0 Å². The van der Waals surface area contributed by atoms with Crippen molar-refractivity contribution in [2.75, 3.05) is 43.5 Å². The molecule has 34 heavy (non-hydrogen) atoms. The fourth-order valence-corrected chi connectivity index (χ4v) is 4.02. The molecule has 1 aliphatic rings. The third kappa shape index (κ3) is 5.16. The van der Waals surface area contributed by atoms with Gasteiger partial charge in [0.15, 0.2) is 0 Å². The van der Waals surface area contributed by atoms with E-state index in [2.05, 4.69) is 15.4 Å². The molecule has 1 saturated heterocycles. The van der Waals surface area contributed by atoms with Crippen LogP contribution in [0.25, 0.3) is 0 Å². The predicted molar refractivity (Wildman–Crippen MR) is 126 cm³/mol. The SMILES string of the molecule is COc1cc(NC(=O)c2cc(F)ccc2N2CCN(C(=O)Cn3nc(C)cc3C)CC2)ccn1. The number of carbonyl (C=O) groups excluding carboxylic acids is 2. The lowest BCUT2D eigenvalue weighted by Crippen LogP contribution is -2.50. The fraction of sp³-hybridized carbons (Fsp3) is 0.333. The number of pyridine rings is 1. The summed E-state index contributed by atoms with van der Waals surface area (Å²) in [5, 5.41) is 7.13. The van der Waals surface area contributed by atoms with Crippen LogP contribution in [-0.4, -0.2) is 64.8 Å². The maximum atomic E-state index is 14.1. The molecule has 2 aromatic heterocycles. The molecule has 1 fully saturated rings. The second kappa shape index (κ2) is 9.90. The first kappa shape index (κ1) is 23.2. The molecule has 1 N–H and O–H groups in total. The largest absolute Gasteiger partial charge is 0.481 e. The van der Waals surface area contributed by atoms with Gasteiger partial charge >= 0.3 is 0 Å². The van der Waals surface area contributed by atoms with Crippen LogP contribution in [-0.2, 0) is 11.3 Å². The summed E-state index contributed by atoms with van der Waals surface area (Å²) < 4.78 is 20.8. The van der Waals surface area contributed by atoms with E-state index >= 15 is 0 Å². The molecule has 0 saturated carbocycles. The highest BCUT2D eigenvalue weighted by Crippen LogP contribution is 2.25. The van der Waals surface area contributed by atoms with Gasteiger partial charge in [0.25, 0.3) is 5.91 Å². The number of hydrogen-bond acceptors (Lipinski definition) is 6. The van der Waals surface area contributed by atoms with Gasteiger partial charge in [-0.1, -0.05) is 0 Å². The number of nitrogens with zero attached hydrogens (tertiary/aromatic N) is 5. The summed E-state index contributed by atoms with van der Waals surface area (Å²) in [5.41, 5.74) is 3.15. The van der Waals surface area contributed by atoms with Gasteiger partial charge in [0.1, 0.15) is 12.4 Å². The third-order valence-electron chi connectivity index (χ3n) is 5.77. The number of amides is 2. The zero-order valence-electron chi connectivity index (χ0n) is 19.4. The van der Waals surface area contributed by atoms with Crippen LogP contribution in [0.5, 0.6) is 5.88 Å². The zero-order chi connectivity index (χ0) is 24.2. The number of carbonyl (C=O) groups is 2. The number of piperazine rings is 1. The molecule has 3 aromatic rings. The molecular weight excluding hydrogens is 439 g/mol. The number of ether oxygens (including phenoxy) is 1. The van der Waals surface area contributed by atoms with Crippen molar-refractivity contribution in [1.82, 2.24) is 19.7 Å². The molecule has 2 amide bonds. The van der Waals surface area contributed by atoms with E-state index in [1.165, 1.54) is 25.4 Å². The molecule has 0 atom stereocenters. The monoisotopic (exact) mass is 466 g/mol. The normalized spacial score (nSPS) is 13.6. The van der Waals surface area contributed by atoms with Crippen LogP contribution in [0.2, 0.25) is 0 Å². The summed E-state index contributed by atoms with van der Waals surface area (Å²) in [5.74, 6) is -0.584. The van der Waals surface area contributed by atoms with E-state index in [1.54, 1.807) is 27.8 Å². The van der Waals surface area contributed by atoms with E-state index in [9.17, 15) is 14.0 Å². The molecular formula is C24H27FN6O3. The molecule has 0 spiro atoms. The Bertz CT molecular complexity index is 1200. The lowest BCUT2D eigenvalue weighted by Gasteiger charge is -2.37. The molecule has 4 rings (SSSR count). The number of rotatable bonds is 6. The van der Waals surface area contributed by atoms with E-state index in [-0.39, 0.29) is 18.0 Å². The van der Waals surface area contributed by atoms with Crippen molar-refractivity contribution < 1.29 is 18.7 Å². The Labute approximate surface area is 197 Å². The maximum Gasteiger partial charge on any atom is 0.257 e. The number of aromatic nitrogens is 3. The summed E-state index contributed by atoms with van der Waals surface area (Å²) in [6, 6.07) is 9.32. The number of methoxy groups -OCH3 is 1. The summed E-state index contributed by atoms with van der Waals surface area (Å²) in [7, 11) is 1.49. The number of anilines is 2. The average molecular weight is 467 g/mol. The molecule has 0 unspecified atom stereocenters. The Morgan fingerprint density at radius 3 is 2.53 bits per heavy atom. The van der Waals surface area contributed by atoms with Crippen molar-refractivity contribution in [1.29, 1.82) is 0 Å². The van der Waals surface area contributed by atoms with E-state index in [0.717, 1.165) is 11.4 Å². The van der Waals surface area contributed by atoms with Gasteiger partial charge in [-0.3, -0.25) is 14.3 Å². The Hall–Kier alpha value is -3.95. The van der Waals surface area contributed by atoms with Gasteiger partial charge in [-0.15, -0.1) is 0 Å². The van der Waals surface area contributed by atoms with E-state index < -0.39 is 11.7 Å². The summed E-state index contributed by atoms with van der Waals surface area (Å²) in [6.45, 7) is 6.06. The quantitative estimate of drug-likeness (QED) is 0.601. The smallest absolute Gasteiger partial charge is 0.257 e. The van der Waals surface area contributed by atoms with Gasteiger partial charge in [-0.05, 0) is 44.2 Å². The Morgan fingerprint density at radius 2 is 1.85 bits per heavy atom. The van der Waals surface area contributed by atoms with Gasteiger partial charge in [-0.2, -0.15) is 5.10 Å². The average Bonchev–Trinajstić information content (AvgIpc) is 3.15. The highest BCUT2D eigenvalue weighted by Gasteiger charge is 2.25. The van der Waals surface area contributed by atoms with Crippen LogP contribution in [0.15, 0.2) is 42.6 Å². The van der Waals surface area contributed by atoms with Crippen LogP contribution < -0.4 is 15.0 Å². The highest BCUT2D eigenvalue weighted by molar-refractivity contribution is 6.08. The van der Waals surface area contributed by atoms with Crippen LogP contribution in [0.3, 0.4) is 0 Å². The molecule has 0 bridgehead atoms. The first-order valence-corrected chi connectivity index (χ1v) is 11.0. The maximum absolute atomic E-state index is 14.1. The van der Waals surface area contributed by atoms with Gasteiger partial charge < -0.3 is 19.9 Å². The molecule has 1 aromatic carbocycles. The molecule has 10 heteroatoms. The minimum atomic E-state index is -0.500. The number of nitrogens with one attached hydrogen (secondary N) is 1. The lowest BCUT2D eigenvalue weighted by atomic mass is 10.1. The van der Waals surface area contributed by atoms with Gasteiger partial charge in [-0.25, -0.2) is 9.37 Å². The third-order valence-corrected chi connectivity index (χ3v) is 5.77. The molecule has 0 radical (unpaired) electrons. The summed E-state index contributed by atoms with van der Waals surface area (Å²) in [4.78, 5) is 33.6. The topological polar surface area (TPSA) is 92.6 Å². The summed E-state index contributed by atoms with van der Waals surface area (Å²) in [6.07, 6.45) is 1.52. The van der Waals surface area contributed by atoms with Crippen LogP contribution >= 0.6 is 0 Å². The number of aryl methyl sites for hydroxylation is 2. The van der Waals surface area contributed by atoms with Crippen molar-refractivity contribution in [2.45, 2.75) is 20.4 Å². The second-order valence-corrected chi connectivity index (χ2v) is 8.16. The van der Waals surface area contributed by atoms with Crippen LogP contribution in [0.4, 0.5) is 15.8 Å². The molecule has 178 valence electrons. The molecule has 0 aliphatic carbocycles. The Morgan fingerprint density at radius 1 is 1.09 bits per heavy atom. The fourth-order valence-electron chi connectivity index (χ4n) is 4.02. The van der Waals surface area contributed by atoms with Gasteiger partial charge in [0.2, 0.25) is 11.8 Å². The first-order valence-electron chi connectivity index (χ1n) is 11.0. The van der Waals surface area contributed by atoms with Crippen LogP contribution in [0, 0.1) is 19.7 Å². The molecule has 9 nitrogen and oxygen atoms in total. The Balaban J connectivity index is 1.44. The lowest BCUT2D eigenvalue weighted by molar-refractivity contribution is -0.132. The van der Waals surface area contributed by atoms with Crippen molar-refractivity contribution >= 4 is 23.2 Å². The van der Waals surface area contributed by atoms with Gasteiger partial charge in [0, 0.05) is 55.5 Å². The predicted octanol–water partition coefficient (Wildman–Crippen LogP) is 2.64. The first-order chi connectivity index (χ1) is 16.3. The van der Waals surface area contributed by atoms with E-state index in [4.69, 9.17) is 4.74 Å². The van der Waals surface area contributed by atoms with Crippen molar-refractivity contribution in [2.24, 2.45) is 0 Å². The summed E-state index contributed by atoms with van der Waals surface area (Å²) >= 11 is 0. The van der Waals surface area contributed by atoms with Crippen molar-refractivity contribution in [3.8, 4) is 5.88 Å². The van der Waals surface area contributed by atoms with E-state index in [1.807, 2.05) is 24.8 Å². The van der Waals surface area contributed by atoms with Gasteiger partial charge in [0.05, 0.1) is 18.4 Å². The molecule has 3 heterocycles. The number of hydrogen-bond donors (Lipinski definition) is 1. The minimum Gasteiger partial charge on any atom is -0.481 e. The highest BCUT2D eigenvalue weighted by atomic mass is 19.1. The number of halogens is 1. The van der Waals surface area contributed by atoms with Crippen molar-refractivity contribution in [3.05, 3.63) is 65.4 Å². The second-order valence-electron chi connectivity index (χ2n) is 8.16. The zero-order valence-corrected chi connectivity index (χ0v) is 19.4. The Kier molecular flexibility index (Phi) is 6.76.